The smallest absolute Gasteiger partial charge is 0.326 e. The third-order valence-corrected chi connectivity index (χ3v) is 8.11. The number of thioether (sulfide) groups is 1. The topological polar surface area (TPSA) is 98.2 Å². The third-order valence-electron chi connectivity index (χ3n) is 6.32. The summed E-state index contributed by atoms with van der Waals surface area (Å²) in [6, 6.07) is 8.88. The molecule has 7 nitrogen and oxygen atoms in total. The molecule has 1 saturated heterocycles. The Morgan fingerprint density at radius 3 is 2.33 bits per heavy atom. The van der Waals surface area contributed by atoms with Gasteiger partial charge >= 0.3 is 5.97 Å². The first kappa shape index (κ1) is 27.9. The van der Waals surface area contributed by atoms with E-state index in [1.54, 1.807) is 23.1 Å². The fraction of sp³-hybridized carbons (Fsp3) is 0.346. The molecule has 0 radical (unpaired) electrons. The number of amides is 2. The predicted molar refractivity (Wildman–Crippen MR) is 143 cm³/mol. The van der Waals surface area contributed by atoms with Crippen LogP contribution in [-0.2, 0) is 20.8 Å². The van der Waals surface area contributed by atoms with E-state index in [1.165, 1.54) is 41.9 Å². The first-order valence-electron chi connectivity index (χ1n) is 11.4. The molecule has 0 spiro atoms. The third kappa shape index (κ3) is 6.75. The summed E-state index contributed by atoms with van der Waals surface area (Å²) in [4.78, 5) is 41.5. The standard InChI is InChI=1S/C26H28Cl2N2O5S/c1-29(20(26(34)35)15-16-3-7-19(31)8-4-16)25(33)18-11-13-30(14-12-18)22(32)10-6-17-5-9-21(36-2)24(28)23(17)27/h3-10,18,20,31H,11-15H2,1-2H3,(H,34,35)/b10-6+/t20-/m0/s1. The maximum absolute atomic E-state index is 13.1. The molecule has 0 saturated carbocycles. The molecule has 1 atom stereocenters. The van der Waals surface area contributed by atoms with Crippen molar-refractivity contribution in [1.82, 2.24) is 9.80 Å². The molecule has 1 aliphatic heterocycles. The van der Waals surface area contributed by atoms with E-state index in [-0.39, 0.29) is 29.9 Å². The lowest BCUT2D eigenvalue weighted by Gasteiger charge is -2.34. The van der Waals surface area contributed by atoms with Crippen LogP contribution in [-0.4, -0.2) is 70.2 Å². The molecule has 0 aromatic heterocycles. The van der Waals surface area contributed by atoms with Crippen LogP contribution < -0.4 is 0 Å². The zero-order chi connectivity index (χ0) is 26.4. The second-order valence-corrected chi connectivity index (χ2v) is 10.2. The molecule has 0 bridgehead atoms. The molecular weight excluding hydrogens is 523 g/mol. The molecule has 36 heavy (non-hydrogen) atoms. The van der Waals surface area contributed by atoms with Crippen LogP contribution in [0.5, 0.6) is 5.75 Å². The van der Waals surface area contributed by atoms with E-state index in [9.17, 15) is 24.6 Å². The van der Waals surface area contributed by atoms with Gasteiger partial charge in [0.2, 0.25) is 11.8 Å². The van der Waals surface area contributed by atoms with Crippen molar-refractivity contribution >= 4 is 58.8 Å². The quantitative estimate of drug-likeness (QED) is 0.361. The highest BCUT2D eigenvalue weighted by Gasteiger charge is 2.33. The Kier molecular flexibility index (Phi) is 9.70. The monoisotopic (exact) mass is 550 g/mol. The summed E-state index contributed by atoms with van der Waals surface area (Å²) in [5, 5.41) is 20.0. The number of benzene rings is 2. The maximum Gasteiger partial charge on any atom is 0.326 e. The van der Waals surface area contributed by atoms with Gasteiger partial charge in [-0.05, 0) is 54.5 Å². The number of phenolic OH excluding ortho intramolecular Hbond substituents is 1. The number of nitrogens with zero attached hydrogens (tertiary/aromatic N) is 2. The minimum Gasteiger partial charge on any atom is -0.508 e. The number of aliphatic carboxylic acids is 1. The van der Waals surface area contributed by atoms with Gasteiger partial charge in [0.15, 0.2) is 0 Å². The minimum absolute atomic E-state index is 0.0894. The molecule has 0 unspecified atom stereocenters. The average Bonchev–Trinajstić information content (AvgIpc) is 2.88. The number of carbonyl (C=O) groups is 3. The van der Waals surface area contributed by atoms with Crippen LogP contribution in [0.1, 0.15) is 24.0 Å². The normalized spacial score (nSPS) is 15.2. The highest BCUT2D eigenvalue weighted by molar-refractivity contribution is 7.98. The van der Waals surface area contributed by atoms with Crippen LogP contribution in [0, 0.1) is 5.92 Å². The number of likely N-dealkylation sites (N-methyl/N-ethyl adjacent to an activating group) is 1. The molecule has 10 heteroatoms. The van der Waals surface area contributed by atoms with E-state index >= 15 is 0 Å². The zero-order valence-electron chi connectivity index (χ0n) is 20.0. The van der Waals surface area contributed by atoms with E-state index in [4.69, 9.17) is 23.2 Å². The molecular formula is C26H28Cl2N2O5S. The van der Waals surface area contributed by atoms with Crippen LogP contribution in [0.3, 0.4) is 0 Å². The zero-order valence-corrected chi connectivity index (χ0v) is 22.3. The number of phenols is 1. The number of halogens is 2. The SMILES string of the molecule is CSc1ccc(/C=C/C(=O)N2CCC(C(=O)N(C)[C@@H](Cc3ccc(O)cc3)C(=O)O)CC2)c(Cl)c1Cl. The number of carboxylic acid groups (broad SMARTS) is 1. The summed E-state index contributed by atoms with van der Waals surface area (Å²) in [6.07, 6.45) is 6.01. The second kappa shape index (κ2) is 12.5. The van der Waals surface area contributed by atoms with Crippen molar-refractivity contribution in [2.45, 2.75) is 30.2 Å². The lowest BCUT2D eigenvalue weighted by Crippen LogP contribution is -2.49. The van der Waals surface area contributed by atoms with Gasteiger partial charge in [0.1, 0.15) is 11.8 Å². The van der Waals surface area contributed by atoms with Crippen LogP contribution in [0.25, 0.3) is 6.08 Å². The van der Waals surface area contributed by atoms with Crippen LogP contribution >= 0.6 is 35.0 Å². The number of rotatable bonds is 8. The van der Waals surface area contributed by atoms with Gasteiger partial charge in [-0.3, -0.25) is 9.59 Å². The van der Waals surface area contributed by atoms with Crippen LogP contribution in [0.2, 0.25) is 10.0 Å². The Labute approximate surface area is 224 Å². The highest BCUT2D eigenvalue weighted by atomic mass is 35.5. The molecule has 3 rings (SSSR count). The van der Waals surface area contributed by atoms with Gasteiger partial charge in [0.05, 0.1) is 10.0 Å². The Balaban J connectivity index is 1.58. The average molecular weight is 551 g/mol. The fourth-order valence-corrected chi connectivity index (χ4v) is 5.31. The summed E-state index contributed by atoms with van der Waals surface area (Å²) in [5.41, 5.74) is 1.35. The van der Waals surface area contributed by atoms with Gasteiger partial charge in [0.25, 0.3) is 0 Å². The van der Waals surface area contributed by atoms with Crippen LogP contribution in [0.15, 0.2) is 47.4 Å². The van der Waals surface area contributed by atoms with Crippen molar-refractivity contribution < 1.29 is 24.6 Å². The summed E-state index contributed by atoms with van der Waals surface area (Å²) < 4.78 is 0. The van der Waals surface area contributed by atoms with Gasteiger partial charge < -0.3 is 20.0 Å². The van der Waals surface area contributed by atoms with E-state index in [0.717, 1.165) is 4.90 Å². The summed E-state index contributed by atoms with van der Waals surface area (Å²) in [5.74, 6) is -1.81. The summed E-state index contributed by atoms with van der Waals surface area (Å²) in [6.45, 7) is 0.784. The number of piperidine rings is 1. The number of hydrogen-bond donors (Lipinski definition) is 2. The number of likely N-dealkylation sites (tertiary alicyclic amines) is 1. The van der Waals surface area contributed by atoms with Gasteiger partial charge in [-0.1, -0.05) is 41.4 Å². The van der Waals surface area contributed by atoms with E-state index in [1.807, 2.05) is 18.4 Å². The minimum atomic E-state index is -1.10. The van der Waals surface area contributed by atoms with Gasteiger partial charge in [-0.25, -0.2) is 4.79 Å². The molecule has 2 N–H and O–H groups in total. The predicted octanol–water partition coefficient (Wildman–Crippen LogP) is 4.83. The van der Waals surface area contributed by atoms with Crippen molar-refractivity contribution in [2.75, 3.05) is 26.4 Å². The van der Waals surface area contributed by atoms with Gasteiger partial charge in [-0.2, -0.15) is 0 Å². The van der Waals surface area contributed by atoms with E-state index in [0.29, 0.717) is 47.1 Å². The Morgan fingerprint density at radius 2 is 1.75 bits per heavy atom. The number of carboxylic acids is 1. The van der Waals surface area contributed by atoms with Gasteiger partial charge in [-0.15, -0.1) is 11.8 Å². The van der Waals surface area contributed by atoms with Crippen molar-refractivity contribution in [2.24, 2.45) is 5.92 Å². The molecule has 2 aromatic rings. The molecule has 192 valence electrons. The summed E-state index contributed by atoms with van der Waals surface area (Å²) >= 11 is 14.1. The van der Waals surface area contributed by atoms with Gasteiger partial charge in [0, 0.05) is 43.4 Å². The Morgan fingerprint density at radius 1 is 1.11 bits per heavy atom. The second-order valence-electron chi connectivity index (χ2n) is 8.59. The first-order chi connectivity index (χ1) is 17.1. The maximum atomic E-state index is 13.1. The van der Waals surface area contributed by atoms with Crippen molar-refractivity contribution in [1.29, 1.82) is 0 Å². The molecule has 1 aliphatic rings. The van der Waals surface area contributed by atoms with Crippen LogP contribution in [0.4, 0.5) is 0 Å². The lowest BCUT2D eigenvalue weighted by atomic mass is 9.94. The van der Waals surface area contributed by atoms with Crippen molar-refractivity contribution in [3.05, 3.63) is 63.6 Å². The molecule has 1 fully saturated rings. The number of aromatic hydroxyl groups is 1. The molecule has 0 aliphatic carbocycles. The highest BCUT2D eigenvalue weighted by Crippen LogP contribution is 2.35. The Bertz CT molecular complexity index is 1150. The largest absolute Gasteiger partial charge is 0.508 e. The fourth-order valence-electron chi connectivity index (χ4n) is 4.13. The summed E-state index contributed by atoms with van der Waals surface area (Å²) in [7, 11) is 1.50. The number of carbonyl (C=O) groups excluding carboxylic acids is 2. The van der Waals surface area contributed by atoms with Crippen molar-refractivity contribution in [3.8, 4) is 5.75 Å². The van der Waals surface area contributed by atoms with E-state index in [2.05, 4.69) is 0 Å². The molecule has 2 aromatic carbocycles. The van der Waals surface area contributed by atoms with Crippen molar-refractivity contribution in [3.63, 3.8) is 0 Å². The Hall–Kier alpha value is -2.68. The molecule has 2 amide bonds. The molecule has 1 heterocycles. The van der Waals surface area contributed by atoms with E-state index < -0.39 is 12.0 Å². The number of hydrogen-bond acceptors (Lipinski definition) is 5. The lowest BCUT2D eigenvalue weighted by molar-refractivity contribution is -0.151. The first-order valence-corrected chi connectivity index (χ1v) is 13.4.